The normalized spacial score (nSPS) is 16.9. The molecule has 1 aliphatic heterocycles. The number of hydrogen-bond acceptors (Lipinski definition) is 9. The third-order valence-electron chi connectivity index (χ3n) is 7.57. The first-order valence-electron chi connectivity index (χ1n) is 13.3. The molecule has 0 bridgehead atoms. The maximum atomic E-state index is 9.91. The summed E-state index contributed by atoms with van der Waals surface area (Å²) in [7, 11) is 24.0. The van der Waals surface area contributed by atoms with E-state index in [1.54, 1.807) is 12.3 Å². The molecule has 204 valence electrons. The van der Waals surface area contributed by atoms with E-state index in [2.05, 4.69) is 37.6 Å². The first-order valence-corrected chi connectivity index (χ1v) is 13.7. The van der Waals surface area contributed by atoms with Gasteiger partial charge in [0.2, 0.25) is 0 Å². The fourth-order valence-corrected chi connectivity index (χ4v) is 4.70. The van der Waals surface area contributed by atoms with Crippen LogP contribution in [0.1, 0.15) is 44.7 Å². The Morgan fingerprint density at radius 3 is 2.41 bits per heavy atom. The van der Waals surface area contributed by atoms with Crippen molar-refractivity contribution < 1.29 is 0 Å². The Balaban J connectivity index is 1.62. The van der Waals surface area contributed by atoms with Crippen LogP contribution in [0.2, 0.25) is 5.02 Å². The molecule has 1 unspecified atom stereocenters. The largest absolute Gasteiger partial charge is 0.395 e. The molecule has 9 nitrogen and oxygen atoms in total. The van der Waals surface area contributed by atoms with Crippen molar-refractivity contribution in [2.75, 3.05) is 29.6 Å². The van der Waals surface area contributed by atoms with Crippen molar-refractivity contribution >= 4 is 63.2 Å². The molecule has 0 amide bonds. The van der Waals surface area contributed by atoms with Gasteiger partial charge in [-0.3, -0.25) is 9.99 Å². The molecule has 1 saturated carbocycles. The van der Waals surface area contributed by atoms with E-state index >= 15 is 0 Å². The molecular formula is C28H31B3ClN9. The van der Waals surface area contributed by atoms with Gasteiger partial charge in [0, 0.05) is 49.8 Å². The average Bonchev–Trinajstić information content (AvgIpc) is 3.64. The number of anilines is 3. The van der Waals surface area contributed by atoms with Crippen LogP contribution >= 0.6 is 11.6 Å². The highest BCUT2D eigenvalue weighted by atomic mass is 35.5. The summed E-state index contributed by atoms with van der Waals surface area (Å²) in [6, 6.07) is 10.0. The molecule has 6 radical (unpaired) electrons. The van der Waals surface area contributed by atoms with Gasteiger partial charge >= 0.3 is 0 Å². The van der Waals surface area contributed by atoms with Crippen LogP contribution < -0.4 is 26.5 Å². The number of aromatic nitrogens is 2. The second-order valence-electron chi connectivity index (χ2n) is 11.9. The Labute approximate surface area is 250 Å². The number of benzene rings is 1. The molecule has 2 aliphatic rings. The molecule has 13 heteroatoms. The van der Waals surface area contributed by atoms with E-state index < -0.39 is 16.2 Å². The Morgan fingerprint density at radius 2 is 1.83 bits per heavy atom. The standard InChI is InChI=1S/C28H31B3ClN9/c1-26(2,3)28(30,31)37-24-16(12-33)13-35-25-20(24)10-18(11-21(25)32)36-27(29,17-6-9-23(34-14-17)40(4)5)22-15-41(39-38-22)19-7-8-19/h6,9-11,13-15,19,36,38-39H,7-8H2,1-5H3,(H,35,37). The van der Waals surface area contributed by atoms with Gasteiger partial charge in [0.25, 0.3) is 0 Å². The van der Waals surface area contributed by atoms with Gasteiger partial charge in [-0.15, -0.1) is 5.53 Å². The third-order valence-corrected chi connectivity index (χ3v) is 7.86. The lowest BCUT2D eigenvalue weighted by Gasteiger charge is -2.42. The zero-order valence-corrected chi connectivity index (χ0v) is 24.6. The van der Waals surface area contributed by atoms with Gasteiger partial charge < -0.3 is 21.0 Å². The SMILES string of the molecule is [B]C(Nc1cc(Cl)c2ncc(C#N)c(NC([B])([B])C(C)(C)C)c2c1)(C1=CN(C2CC2)NN1)c1ccc(N(C)C)nc1. The van der Waals surface area contributed by atoms with Gasteiger partial charge in [-0.2, -0.15) is 5.26 Å². The lowest BCUT2D eigenvalue weighted by Crippen LogP contribution is -2.51. The summed E-state index contributed by atoms with van der Waals surface area (Å²) in [6.07, 6.45) is 7.38. The summed E-state index contributed by atoms with van der Waals surface area (Å²) in [4.78, 5) is 11.0. The molecule has 2 aromatic heterocycles. The number of nitrogens with one attached hydrogen (secondary N) is 4. The van der Waals surface area contributed by atoms with E-state index in [1.165, 1.54) is 6.20 Å². The first-order chi connectivity index (χ1) is 19.2. The summed E-state index contributed by atoms with van der Waals surface area (Å²) >= 11 is 6.77. The summed E-state index contributed by atoms with van der Waals surface area (Å²) in [5.74, 6) is 0.799. The molecule has 0 spiro atoms. The molecule has 1 fully saturated rings. The number of halogens is 1. The Kier molecular flexibility index (Phi) is 7.33. The number of hydrazine groups is 2. The predicted octanol–water partition coefficient (Wildman–Crippen LogP) is 3.43. The maximum Gasteiger partial charge on any atom is 0.127 e. The van der Waals surface area contributed by atoms with Crippen LogP contribution in [-0.4, -0.2) is 64.0 Å². The van der Waals surface area contributed by atoms with Gasteiger partial charge in [-0.1, -0.05) is 38.4 Å². The van der Waals surface area contributed by atoms with Crippen molar-refractivity contribution in [3.05, 3.63) is 64.7 Å². The lowest BCUT2D eigenvalue weighted by molar-refractivity contribution is 0.260. The zero-order valence-electron chi connectivity index (χ0n) is 23.9. The van der Waals surface area contributed by atoms with E-state index in [0.29, 0.717) is 39.0 Å². The molecular weight excluding hydrogens is 530 g/mol. The summed E-state index contributed by atoms with van der Waals surface area (Å²) in [5.41, 5.74) is 7.84. The molecule has 1 atom stereocenters. The Bertz CT molecular complexity index is 1540. The monoisotopic (exact) mass is 561 g/mol. The van der Waals surface area contributed by atoms with Gasteiger partial charge in [-0.25, -0.2) is 4.98 Å². The van der Waals surface area contributed by atoms with Crippen molar-refractivity contribution in [3.8, 4) is 6.07 Å². The number of hydrogen-bond donors (Lipinski definition) is 4. The highest BCUT2D eigenvalue weighted by Gasteiger charge is 2.38. The van der Waals surface area contributed by atoms with Crippen LogP contribution in [0, 0.1) is 16.7 Å². The fourth-order valence-electron chi connectivity index (χ4n) is 4.43. The lowest BCUT2D eigenvalue weighted by atomic mass is 9.49. The maximum absolute atomic E-state index is 9.91. The number of nitrogens with zero attached hydrogens (tertiary/aromatic N) is 5. The van der Waals surface area contributed by atoms with Gasteiger partial charge in [-0.05, 0) is 47.4 Å². The van der Waals surface area contributed by atoms with Crippen LogP contribution in [0.4, 0.5) is 17.2 Å². The number of nitriles is 1. The van der Waals surface area contributed by atoms with Crippen LogP contribution in [0.25, 0.3) is 10.9 Å². The summed E-state index contributed by atoms with van der Waals surface area (Å²) < 4.78 is 0. The van der Waals surface area contributed by atoms with Crippen molar-refractivity contribution in [1.82, 2.24) is 25.9 Å². The highest BCUT2D eigenvalue weighted by molar-refractivity contribution is 6.42. The summed E-state index contributed by atoms with van der Waals surface area (Å²) in [6.45, 7) is 5.74. The molecule has 5 rings (SSSR count). The van der Waals surface area contributed by atoms with E-state index in [0.717, 1.165) is 24.2 Å². The third kappa shape index (κ3) is 5.53. The Hall–Kier alpha value is -3.55. The van der Waals surface area contributed by atoms with Gasteiger partial charge in [0.15, 0.2) is 0 Å². The molecule has 3 aromatic rings. The number of pyridine rings is 2. The number of rotatable bonds is 8. The second-order valence-corrected chi connectivity index (χ2v) is 12.3. The average molecular weight is 562 g/mol. The van der Waals surface area contributed by atoms with Crippen molar-refractivity contribution in [2.24, 2.45) is 5.41 Å². The Morgan fingerprint density at radius 1 is 1.10 bits per heavy atom. The van der Waals surface area contributed by atoms with Crippen LogP contribution in [0.5, 0.6) is 0 Å². The van der Waals surface area contributed by atoms with Crippen molar-refractivity contribution in [2.45, 2.75) is 50.4 Å². The summed E-state index contributed by atoms with van der Waals surface area (Å²) in [5, 5.41) is 18.2. The predicted molar refractivity (Wildman–Crippen MR) is 168 cm³/mol. The molecule has 1 aromatic carbocycles. The quantitative estimate of drug-likeness (QED) is 0.308. The topological polar surface area (TPSA) is 104 Å². The van der Waals surface area contributed by atoms with E-state index in [-0.39, 0.29) is 5.56 Å². The minimum atomic E-state index is -1.35. The van der Waals surface area contributed by atoms with Crippen molar-refractivity contribution in [1.29, 1.82) is 5.26 Å². The molecule has 3 heterocycles. The van der Waals surface area contributed by atoms with Crippen LogP contribution in [-0.2, 0) is 5.44 Å². The molecule has 0 saturated heterocycles. The smallest absolute Gasteiger partial charge is 0.127 e. The van der Waals surface area contributed by atoms with Gasteiger partial charge in [0.05, 0.1) is 48.6 Å². The van der Waals surface area contributed by atoms with Gasteiger partial charge in [0.1, 0.15) is 19.7 Å². The van der Waals surface area contributed by atoms with E-state index in [9.17, 15) is 5.26 Å². The second kappa shape index (κ2) is 10.4. The van der Waals surface area contributed by atoms with Crippen LogP contribution in [0.15, 0.2) is 48.6 Å². The molecule has 41 heavy (non-hydrogen) atoms. The minimum Gasteiger partial charge on any atom is -0.395 e. The minimum absolute atomic E-state index is 0.280. The first kappa shape index (κ1) is 29.0. The van der Waals surface area contributed by atoms with Crippen molar-refractivity contribution in [3.63, 3.8) is 0 Å². The fraction of sp³-hybridized carbons (Fsp3) is 0.393. The van der Waals surface area contributed by atoms with Crippen LogP contribution in [0.3, 0.4) is 0 Å². The molecule has 4 N–H and O–H groups in total. The molecule has 1 aliphatic carbocycles. The van der Waals surface area contributed by atoms with E-state index in [1.807, 2.05) is 69.2 Å². The number of fused-ring (bicyclic) bond motifs is 1. The van der Waals surface area contributed by atoms with E-state index in [4.69, 9.17) is 35.1 Å². The zero-order chi connectivity index (χ0) is 29.7. The highest BCUT2D eigenvalue weighted by Crippen LogP contribution is 2.39.